The van der Waals surface area contributed by atoms with Crippen molar-refractivity contribution in [1.82, 2.24) is 4.90 Å². The molecule has 1 aliphatic rings. The molecule has 82 valence electrons. The number of carbonyl (C=O) groups is 1. The predicted molar refractivity (Wildman–Crippen MR) is 57.4 cm³/mol. The highest BCUT2D eigenvalue weighted by Gasteiger charge is 2.30. The molecule has 1 saturated heterocycles. The predicted octanol–water partition coefficient (Wildman–Crippen LogP) is 2.08. The number of furan rings is 1. The van der Waals surface area contributed by atoms with Crippen molar-refractivity contribution in [3.05, 3.63) is 24.2 Å². The summed E-state index contributed by atoms with van der Waals surface area (Å²) in [4.78, 5) is 13.8. The Hall–Kier alpha value is -1.09. The number of piperidine rings is 1. The normalized spacial score (nSPS) is 28.3. The summed E-state index contributed by atoms with van der Waals surface area (Å²) in [7, 11) is 0. The molecule has 3 heteroatoms. The molecule has 2 heterocycles. The first-order valence-electron chi connectivity index (χ1n) is 5.47. The zero-order chi connectivity index (χ0) is 10.8. The van der Waals surface area contributed by atoms with Crippen molar-refractivity contribution >= 4 is 5.78 Å². The lowest BCUT2D eigenvalue weighted by molar-refractivity contribution is -0.128. The number of nitrogens with zero attached hydrogens (tertiary/aromatic N) is 1. The quantitative estimate of drug-likeness (QED) is 0.744. The standard InChI is InChI=1S/C12H17NO2/c1-9-10(2)13(6-5-12(9)14)8-11-4-3-7-15-11/h3-4,7,9-10H,5-6,8H2,1-2H3/t9-,10-/m1/s1. The fraction of sp³-hybridized carbons (Fsp3) is 0.583. The van der Waals surface area contributed by atoms with Crippen molar-refractivity contribution in [2.45, 2.75) is 32.9 Å². The van der Waals surface area contributed by atoms with Crippen molar-refractivity contribution in [2.24, 2.45) is 5.92 Å². The third-order valence-corrected chi connectivity index (χ3v) is 3.39. The molecule has 2 rings (SSSR count). The van der Waals surface area contributed by atoms with Crippen LogP contribution in [0.1, 0.15) is 26.0 Å². The largest absolute Gasteiger partial charge is 0.468 e. The van der Waals surface area contributed by atoms with E-state index in [1.807, 2.05) is 19.1 Å². The van der Waals surface area contributed by atoms with Gasteiger partial charge in [0.25, 0.3) is 0 Å². The Morgan fingerprint density at radius 3 is 3.00 bits per heavy atom. The van der Waals surface area contributed by atoms with E-state index in [1.54, 1.807) is 6.26 Å². The van der Waals surface area contributed by atoms with Gasteiger partial charge in [-0.1, -0.05) is 6.92 Å². The average Bonchev–Trinajstić information content (AvgIpc) is 2.72. The van der Waals surface area contributed by atoms with Crippen molar-refractivity contribution in [3.8, 4) is 0 Å². The molecule has 0 unspecified atom stereocenters. The highest BCUT2D eigenvalue weighted by molar-refractivity contribution is 5.82. The topological polar surface area (TPSA) is 33.5 Å². The zero-order valence-electron chi connectivity index (χ0n) is 9.27. The monoisotopic (exact) mass is 207 g/mol. The van der Waals surface area contributed by atoms with Crippen molar-refractivity contribution < 1.29 is 9.21 Å². The molecule has 1 aliphatic heterocycles. The summed E-state index contributed by atoms with van der Waals surface area (Å²) >= 11 is 0. The summed E-state index contributed by atoms with van der Waals surface area (Å²) < 4.78 is 5.32. The summed E-state index contributed by atoms with van der Waals surface area (Å²) in [5.74, 6) is 1.51. The van der Waals surface area contributed by atoms with Gasteiger partial charge >= 0.3 is 0 Å². The first-order chi connectivity index (χ1) is 7.18. The van der Waals surface area contributed by atoms with Crippen LogP contribution in [0.3, 0.4) is 0 Å². The molecule has 15 heavy (non-hydrogen) atoms. The van der Waals surface area contributed by atoms with Gasteiger partial charge in [-0.3, -0.25) is 9.69 Å². The lowest BCUT2D eigenvalue weighted by atomic mass is 9.91. The number of ketones is 1. The van der Waals surface area contributed by atoms with Crippen LogP contribution in [0.25, 0.3) is 0 Å². The summed E-state index contributed by atoms with van der Waals surface area (Å²) in [6.07, 6.45) is 2.37. The third-order valence-electron chi connectivity index (χ3n) is 3.39. The Labute approximate surface area is 90.1 Å². The molecule has 1 aromatic heterocycles. The minimum atomic E-state index is 0.147. The van der Waals surface area contributed by atoms with E-state index in [0.29, 0.717) is 18.2 Å². The molecular formula is C12H17NO2. The molecular weight excluding hydrogens is 190 g/mol. The van der Waals surface area contributed by atoms with Gasteiger partial charge in [0.2, 0.25) is 0 Å². The molecule has 0 aromatic carbocycles. The average molecular weight is 207 g/mol. The van der Waals surface area contributed by atoms with Crippen LogP contribution >= 0.6 is 0 Å². The van der Waals surface area contributed by atoms with Crippen LogP contribution in [-0.4, -0.2) is 23.3 Å². The van der Waals surface area contributed by atoms with E-state index in [9.17, 15) is 4.79 Å². The molecule has 1 fully saturated rings. The maximum Gasteiger partial charge on any atom is 0.138 e. The number of likely N-dealkylation sites (tertiary alicyclic amines) is 1. The van der Waals surface area contributed by atoms with Crippen molar-refractivity contribution in [2.75, 3.05) is 6.54 Å². The first kappa shape index (κ1) is 10.4. The minimum absolute atomic E-state index is 0.147. The fourth-order valence-electron chi connectivity index (χ4n) is 2.10. The van der Waals surface area contributed by atoms with Gasteiger partial charge in [-0.2, -0.15) is 0 Å². The maximum absolute atomic E-state index is 11.5. The highest BCUT2D eigenvalue weighted by Crippen LogP contribution is 2.22. The van der Waals surface area contributed by atoms with Gasteiger partial charge in [-0.05, 0) is 19.1 Å². The van der Waals surface area contributed by atoms with E-state index in [4.69, 9.17) is 4.42 Å². The fourth-order valence-corrected chi connectivity index (χ4v) is 2.10. The van der Waals surface area contributed by atoms with Gasteiger partial charge < -0.3 is 4.42 Å². The Morgan fingerprint density at radius 1 is 1.53 bits per heavy atom. The van der Waals surface area contributed by atoms with E-state index in [0.717, 1.165) is 18.8 Å². The van der Waals surface area contributed by atoms with Gasteiger partial charge in [0.05, 0.1) is 12.8 Å². The molecule has 0 aliphatic carbocycles. The number of rotatable bonds is 2. The van der Waals surface area contributed by atoms with E-state index < -0.39 is 0 Å². The van der Waals surface area contributed by atoms with Crippen LogP contribution in [0.15, 0.2) is 22.8 Å². The van der Waals surface area contributed by atoms with Crippen LogP contribution in [-0.2, 0) is 11.3 Å². The van der Waals surface area contributed by atoms with Gasteiger partial charge in [-0.15, -0.1) is 0 Å². The zero-order valence-corrected chi connectivity index (χ0v) is 9.27. The molecule has 0 N–H and O–H groups in total. The first-order valence-corrected chi connectivity index (χ1v) is 5.47. The summed E-state index contributed by atoms with van der Waals surface area (Å²) in [5, 5.41) is 0. The molecule has 0 amide bonds. The summed E-state index contributed by atoms with van der Waals surface area (Å²) in [6.45, 7) is 5.79. The number of Topliss-reactive ketones (excluding diaryl/α,β-unsaturated/α-hetero) is 1. The smallest absolute Gasteiger partial charge is 0.138 e. The number of hydrogen-bond donors (Lipinski definition) is 0. The van der Waals surface area contributed by atoms with E-state index in [-0.39, 0.29) is 5.92 Å². The number of carbonyl (C=O) groups excluding carboxylic acids is 1. The highest BCUT2D eigenvalue weighted by atomic mass is 16.3. The van der Waals surface area contributed by atoms with Crippen molar-refractivity contribution in [3.63, 3.8) is 0 Å². The summed E-state index contributed by atoms with van der Waals surface area (Å²) in [6, 6.07) is 4.20. The Bertz CT molecular complexity index is 331. The van der Waals surface area contributed by atoms with Crippen LogP contribution in [0, 0.1) is 5.92 Å². The molecule has 0 saturated carbocycles. The van der Waals surface area contributed by atoms with Gasteiger partial charge in [-0.25, -0.2) is 0 Å². The SMILES string of the molecule is C[C@@H]1[C@@H](C)C(=O)CCN1Cc1ccco1. The van der Waals surface area contributed by atoms with Crippen LogP contribution < -0.4 is 0 Å². The second-order valence-electron chi connectivity index (χ2n) is 4.30. The Kier molecular flexibility index (Phi) is 2.91. The second-order valence-corrected chi connectivity index (χ2v) is 4.30. The Morgan fingerprint density at radius 2 is 2.33 bits per heavy atom. The minimum Gasteiger partial charge on any atom is -0.468 e. The van der Waals surface area contributed by atoms with Gasteiger partial charge in [0.15, 0.2) is 0 Å². The number of hydrogen-bond acceptors (Lipinski definition) is 3. The lowest BCUT2D eigenvalue weighted by Gasteiger charge is -2.36. The van der Waals surface area contributed by atoms with Gasteiger partial charge in [0, 0.05) is 24.9 Å². The molecule has 0 bridgehead atoms. The van der Waals surface area contributed by atoms with Crippen molar-refractivity contribution in [1.29, 1.82) is 0 Å². The van der Waals surface area contributed by atoms with Crippen LogP contribution in [0.5, 0.6) is 0 Å². The Balaban J connectivity index is 2.01. The second kappa shape index (κ2) is 4.19. The van der Waals surface area contributed by atoms with Crippen LogP contribution in [0.4, 0.5) is 0 Å². The lowest BCUT2D eigenvalue weighted by Crippen LogP contribution is -2.46. The van der Waals surface area contributed by atoms with Gasteiger partial charge in [0.1, 0.15) is 11.5 Å². The summed E-state index contributed by atoms with van der Waals surface area (Å²) in [5.41, 5.74) is 0. The molecule has 2 atom stereocenters. The van der Waals surface area contributed by atoms with E-state index in [1.165, 1.54) is 0 Å². The third kappa shape index (κ3) is 2.12. The molecule has 0 radical (unpaired) electrons. The van der Waals surface area contributed by atoms with E-state index >= 15 is 0 Å². The van der Waals surface area contributed by atoms with E-state index in [2.05, 4.69) is 11.8 Å². The molecule has 3 nitrogen and oxygen atoms in total. The maximum atomic E-state index is 11.5. The molecule has 0 spiro atoms. The molecule has 1 aromatic rings. The van der Waals surface area contributed by atoms with Crippen LogP contribution in [0.2, 0.25) is 0 Å².